The van der Waals surface area contributed by atoms with Gasteiger partial charge >= 0.3 is 0 Å². The smallest absolute Gasteiger partial charge is 0.122 e. The van der Waals surface area contributed by atoms with Gasteiger partial charge in [-0.2, -0.15) is 0 Å². The molecule has 1 rings (SSSR count). The van der Waals surface area contributed by atoms with Crippen LogP contribution in [0.4, 0.5) is 4.39 Å². The molecule has 0 saturated carbocycles. The Labute approximate surface area is 86.9 Å². The van der Waals surface area contributed by atoms with E-state index in [1.165, 1.54) is 37.7 Å². The number of halogens is 1. The highest BCUT2D eigenvalue weighted by Gasteiger charge is 2.05. The fraction of sp³-hybridized carbons (Fsp3) is 0.692. The Kier molecular flexibility index (Phi) is 5.58. The summed E-state index contributed by atoms with van der Waals surface area (Å²) in [5.74, 6) is 0. The molecule has 0 aromatic carbocycles. The summed E-state index contributed by atoms with van der Waals surface area (Å²) in [5.41, 5.74) is 1.33. The van der Waals surface area contributed by atoms with Crippen molar-refractivity contribution in [3.63, 3.8) is 0 Å². The Bertz CT molecular complexity index is 203. The van der Waals surface area contributed by atoms with E-state index in [4.69, 9.17) is 0 Å². The summed E-state index contributed by atoms with van der Waals surface area (Å²) >= 11 is 0. The summed E-state index contributed by atoms with van der Waals surface area (Å²) in [5, 5.41) is 0. The summed E-state index contributed by atoms with van der Waals surface area (Å²) in [7, 11) is 0. The molecule has 0 bridgehead atoms. The fourth-order valence-corrected chi connectivity index (χ4v) is 1.76. The van der Waals surface area contributed by atoms with E-state index in [1.54, 1.807) is 6.08 Å². The van der Waals surface area contributed by atoms with Crippen LogP contribution in [0.3, 0.4) is 0 Å². The van der Waals surface area contributed by atoms with Crippen molar-refractivity contribution in [2.45, 2.75) is 58.0 Å². The van der Waals surface area contributed by atoms with Gasteiger partial charge in [0.05, 0.1) is 0 Å². The second kappa shape index (κ2) is 6.80. The van der Waals surface area contributed by atoms with Crippen molar-refractivity contribution in [3.05, 3.63) is 23.8 Å². The quantitative estimate of drug-likeness (QED) is 0.546. The van der Waals surface area contributed by atoms with Gasteiger partial charge in [0.1, 0.15) is 6.17 Å². The van der Waals surface area contributed by atoms with Gasteiger partial charge in [0.15, 0.2) is 0 Å². The molecule has 0 heterocycles. The lowest BCUT2D eigenvalue weighted by atomic mass is 10.00. The first-order valence-corrected chi connectivity index (χ1v) is 5.84. The highest BCUT2D eigenvalue weighted by molar-refractivity contribution is 5.24. The minimum atomic E-state index is -0.737. The second-order valence-corrected chi connectivity index (χ2v) is 4.05. The lowest BCUT2D eigenvalue weighted by Gasteiger charge is -2.09. The second-order valence-electron chi connectivity index (χ2n) is 4.05. The van der Waals surface area contributed by atoms with Crippen LogP contribution in [0, 0.1) is 0 Å². The van der Waals surface area contributed by atoms with Crippen molar-refractivity contribution in [1.82, 2.24) is 0 Å². The van der Waals surface area contributed by atoms with Gasteiger partial charge < -0.3 is 0 Å². The standard InChI is InChI=1S/C13H21F/c1-2-3-4-5-6-7-12-8-10-13(14)11-9-12/h8-10,13H,2-7,11H2,1H3. The van der Waals surface area contributed by atoms with Crippen LogP contribution in [0.5, 0.6) is 0 Å². The Balaban J connectivity index is 2.05. The number of unbranched alkanes of at least 4 members (excludes halogenated alkanes) is 4. The van der Waals surface area contributed by atoms with Crippen molar-refractivity contribution in [2.24, 2.45) is 0 Å². The maximum Gasteiger partial charge on any atom is 0.122 e. The minimum Gasteiger partial charge on any atom is -0.243 e. The van der Waals surface area contributed by atoms with Gasteiger partial charge in [0.25, 0.3) is 0 Å². The summed E-state index contributed by atoms with van der Waals surface area (Å²) < 4.78 is 12.7. The van der Waals surface area contributed by atoms with Crippen LogP contribution in [0.1, 0.15) is 51.9 Å². The van der Waals surface area contributed by atoms with Crippen molar-refractivity contribution < 1.29 is 4.39 Å². The Morgan fingerprint density at radius 2 is 2.07 bits per heavy atom. The predicted molar refractivity (Wildman–Crippen MR) is 60.1 cm³/mol. The fourth-order valence-electron chi connectivity index (χ4n) is 1.76. The van der Waals surface area contributed by atoms with Crippen LogP contribution in [0.15, 0.2) is 23.8 Å². The highest BCUT2D eigenvalue weighted by Crippen LogP contribution is 2.18. The van der Waals surface area contributed by atoms with Crippen molar-refractivity contribution in [1.29, 1.82) is 0 Å². The molecule has 1 heteroatoms. The summed E-state index contributed by atoms with van der Waals surface area (Å²) in [6.45, 7) is 2.23. The number of alkyl halides is 1. The van der Waals surface area contributed by atoms with Crippen molar-refractivity contribution >= 4 is 0 Å². The van der Waals surface area contributed by atoms with Gasteiger partial charge in [-0.15, -0.1) is 0 Å². The van der Waals surface area contributed by atoms with E-state index >= 15 is 0 Å². The summed E-state index contributed by atoms with van der Waals surface area (Å²) in [6, 6.07) is 0. The zero-order chi connectivity index (χ0) is 10.2. The number of hydrogen-bond donors (Lipinski definition) is 0. The molecule has 0 aromatic heterocycles. The molecule has 1 unspecified atom stereocenters. The van der Waals surface area contributed by atoms with Gasteiger partial charge in [0.2, 0.25) is 0 Å². The first kappa shape index (κ1) is 11.5. The van der Waals surface area contributed by atoms with Gasteiger partial charge in [0, 0.05) is 6.42 Å². The first-order chi connectivity index (χ1) is 6.83. The monoisotopic (exact) mass is 196 g/mol. The van der Waals surface area contributed by atoms with Crippen LogP contribution < -0.4 is 0 Å². The molecule has 0 fully saturated rings. The van der Waals surface area contributed by atoms with E-state index in [-0.39, 0.29) is 0 Å². The molecule has 0 nitrogen and oxygen atoms in total. The van der Waals surface area contributed by atoms with Crippen LogP contribution >= 0.6 is 0 Å². The molecular formula is C13H21F. The van der Waals surface area contributed by atoms with E-state index in [0.29, 0.717) is 6.42 Å². The first-order valence-electron chi connectivity index (χ1n) is 5.84. The largest absolute Gasteiger partial charge is 0.243 e. The summed E-state index contributed by atoms with van der Waals surface area (Å²) in [6.07, 6.45) is 13.2. The molecule has 1 aliphatic rings. The average Bonchev–Trinajstić information content (AvgIpc) is 2.21. The zero-order valence-electron chi connectivity index (χ0n) is 9.14. The van der Waals surface area contributed by atoms with Crippen LogP contribution in [0.25, 0.3) is 0 Å². The van der Waals surface area contributed by atoms with E-state index in [1.807, 2.05) is 12.2 Å². The predicted octanol–water partition coefficient (Wildman–Crippen LogP) is 4.57. The van der Waals surface area contributed by atoms with Crippen LogP contribution in [-0.4, -0.2) is 6.17 Å². The normalized spacial score (nSPS) is 21.0. The van der Waals surface area contributed by atoms with Gasteiger partial charge in [-0.05, 0) is 12.8 Å². The number of rotatable bonds is 6. The number of hydrogen-bond acceptors (Lipinski definition) is 0. The maximum absolute atomic E-state index is 12.7. The third kappa shape index (κ3) is 4.59. The molecule has 0 N–H and O–H groups in total. The van der Waals surface area contributed by atoms with E-state index < -0.39 is 6.17 Å². The molecule has 1 aliphatic carbocycles. The molecule has 80 valence electrons. The Morgan fingerprint density at radius 3 is 2.71 bits per heavy atom. The zero-order valence-corrected chi connectivity index (χ0v) is 9.14. The van der Waals surface area contributed by atoms with E-state index in [9.17, 15) is 4.39 Å². The average molecular weight is 196 g/mol. The Morgan fingerprint density at radius 1 is 1.29 bits per heavy atom. The number of allylic oxidation sites excluding steroid dienone is 4. The molecular weight excluding hydrogens is 175 g/mol. The van der Waals surface area contributed by atoms with Crippen LogP contribution in [-0.2, 0) is 0 Å². The molecule has 0 spiro atoms. The van der Waals surface area contributed by atoms with Crippen LogP contribution in [0.2, 0.25) is 0 Å². The molecule has 0 saturated heterocycles. The molecule has 0 amide bonds. The topological polar surface area (TPSA) is 0 Å². The Hall–Kier alpha value is -0.590. The highest BCUT2D eigenvalue weighted by atomic mass is 19.1. The maximum atomic E-state index is 12.7. The van der Waals surface area contributed by atoms with Gasteiger partial charge in [-0.3, -0.25) is 0 Å². The van der Waals surface area contributed by atoms with Gasteiger partial charge in [-0.25, -0.2) is 4.39 Å². The summed E-state index contributed by atoms with van der Waals surface area (Å²) in [4.78, 5) is 0. The molecule has 0 aliphatic heterocycles. The third-order valence-corrected chi connectivity index (χ3v) is 2.69. The lowest BCUT2D eigenvalue weighted by Crippen LogP contribution is -1.98. The van der Waals surface area contributed by atoms with Gasteiger partial charge in [-0.1, -0.05) is 56.4 Å². The van der Waals surface area contributed by atoms with E-state index in [0.717, 1.165) is 6.42 Å². The van der Waals surface area contributed by atoms with Crippen molar-refractivity contribution in [3.8, 4) is 0 Å². The molecule has 0 aromatic rings. The lowest BCUT2D eigenvalue weighted by molar-refractivity contribution is 0.400. The van der Waals surface area contributed by atoms with Crippen molar-refractivity contribution in [2.75, 3.05) is 0 Å². The third-order valence-electron chi connectivity index (χ3n) is 2.69. The molecule has 14 heavy (non-hydrogen) atoms. The SMILES string of the molecule is CCCCCCCC1=CCC(F)C=C1. The molecule has 1 atom stereocenters. The molecule has 0 radical (unpaired) electrons. The minimum absolute atomic E-state index is 0.584. The van der Waals surface area contributed by atoms with E-state index in [2.05, 4.69) is 6.92 Å².